The first kappa shape index (κ1) is 13.6. The van der Waals surface area contributed by atoms with E-state index in [1.165, 1.54) is 12.8 Å². The molecular formula is C11H21N3O3S. The fourth-order valence-electron chi connectivity index (χ4n) is 2.47. The fourth-order valence-corrected chi connectivity index (χ4v) is 4.13. The van der Waals surface area contributed by atoms with Crippen LogP contribution in [0, 0.1) is 0 Å². The van der Waals surface area contributed by atoms with Crippen LogP contribution in [0.3, 0.4) is 0 Å². The number of sulfone groups is 1. The highest BCUT2D eigenvalue weighted by Crippen LogP contribution is 2.17. The largest absolute Gasteiger partial charge is 0.337 e. The van der Waals surface area contributed by atoms with E-state index in [2.05, 4.69) is 16.0 Å². The van der Waals surface area contributed by atoms with Crippen molar-refractivity contribution in [3.8, 4) is 0 Å². The highest BCUT2D eigenvalue weighted by molar-refractivity contribution is 7.92. The van der Waals surface area contributed by atoms with E-state index in [-0.39, 0.29) is 11.8 Å². The van der Waals surface area contributed by atoms with Crippen LogP contribution in [0.25, 0.3) is 0 Å². The van der Waals surface area contributed by atoms with Gasteiger partial charge in [-0.15, -0.1) is 0 Å². The molecule has 2 heterocycles. The molecule has 2 saturated heterocycles. The molecule has 2 aliphatic rings. The van der Waals surface area contributed by atoms with Crippen LogP contribution >= 0.6 is 0 Å². The third-order valence-electron chi connectivity index (χ3n) is 3.54. The lowest BCUT2D eigenvalue weighted by Gasteiger charge is -2.24. The minimum absolute atomic E-state index is 0.183. The van der Waals surface area contributed by atoms with Crippen molar-refractivity contribution in [2.24, 2.45) is 0 Å². The van der Waals surface area contributed by atoms with E-state index in [1.54, 1.807) is 0 Å². The van der Waals surface area contributed by atoms with Crippen molar-refractivity contribution >= 4 is 15.9 Å². The van der Waals surface area contributed by atoms with Crippen LogP contribution in [0.2, 0.25) is 0 Å². The Balaban J connectivity index is 1.72. The molecule has 2 amide bonds. The van der Waals surface area contributed by atoms with E-state index in [1.807, 2.05) is 0 Å². The Morgan fingerprint density at radius 2 is 2.06 bits per heavy atom. The van der Waals surface area contributed by atoms with Gasteiger partial charge in [0.15, 0.2) is 9.84 Å². The summed E-state index contributed by atoms with van der Waals surface area (Å²) < 4.78 is 23.1. The van der Waals surface area contributed by atoms with Gasteiger partial charge in [0.1, 0.15) is 5.37 Å². The number of rotatable bonds is 3. The zero-order valence-electron chi connectivity index (χ0n) is 10.4. The minimum atomic E-state index is -3.11. The van der Waals surface area contributed by atoms with Crippen LogP contribution in [0.4, 0.5) is 4.79 Å². The van der Waals surface area contributed by atoms with Crippen molar-refractivity contribution in [3.05, 3.63) is 0 Å². The molecule has 2 unspecified atom stereocenters. The van der Waals surface area contributed by atoms with Gasteiger partial charge in [-0.1, -0.05) is 6.42 Å². The smallest absolute Gasteiger partial charge is 0.315 e. The van der Waals surface area contributed by atoms with E-state index in [0.717, 1.165) is 13.0 Å². The standard InChI is InChI=1S/C11H21N3O3S/c15-11(13-8-9-4-1-2-6-12-9)14-10-5-3-7-18(10,16)17/h9-10,12H,1-8H2,(H2,13,14,15). The molecule has 3 N–H and O–H groups in total. The lowest BCUT2D eigenvalue weighted by Crippen LogP contribution is -2.49. The molecule has 18 heavy (non-hydrogen) atoms. The number of nitrogens with one attached hydrogen (secondary N) is 3. The number of amides is 2. The van der Waals surface area contributed by atoms with Crippen molar-refractivity contribution in [1.29, 1.82) is 0 Å². The summed E-state index contributed by atoms with van der Waals surface area (Å²) in [7, 11) is -3.11. The third kappa shape index (κ3) is 3.58. The highest BCUT2D eigenvalue weighted by Gasteiger charge is 2.32. The second-order valence-corrected chi connectivity index (χ2v) is 7.30. The number of hydrogen-bond donors (Lipinski definition) is 3. The molecule has 2 rings (SSSR count). The monoisotopic (exact) mass is 275 g/mol. The van der Waals surface area contributed by atoms with Gasteiger partial charge in [0.2, 0.25) is 0 Å². The normalized spacial score (nSPS) is 30.9. The van der Waals surface area contributed by atoms with Crippen molar-refractivity contribution < 1.29 is 13.2 Å². The van der Waals surface area contributed by atoms with Crippen LogP contribution < -0.4 is 16.0 Å². The number of hydrogen-bond acceptors (Lipinski definition) is 4. The second-order valence-electron chi connectivity index (χ2n) is 5.00. The predicted molar refractivity (Wildman–Crippen MR) is 69.0 cm³/mol. The first-order chi connectivity index (χ1) is 8.58. The molecular weight excluding hydrogens is 254 g/mol. The van der Waals surface area contributed by atoms with Gasteiger partial charge in [-0.2, -0.15) is 0 Å². The molecule has 0 aliphatic carbocycles. The molecule has 104 valence electrons. The summed E-state index contributed by atoms with van der Waals surface area (Å²) in [6.07, 6.45) is 4.58. The van der Waals surface area contributed by atoms with Gasteiger partial charge in [0.05, 0.1) is 5.75 Å². The second kappa shape index (κ2) is 5.88. The average molecular weight is 275 g/mol. The summed E-state index contributed by atoms with van der Waals surface area (Å²) in [6.45, 7) is 1.55. The van der Waals surface area contributed by atoms with Crippen LogP contribution in [-0.2, 0) is 9.84 Å². The summed E-state index contributed by atoms with van der Waals surface area (Å²) in [5, 5.41) is 7.91. The van der Waals surface area contributed by atoms with Gasteiger partial charge in [-0.3, -0.25) is 0 Å². The first-order valence-electron chi connectivity index (χ1n) is 6.57. The van der Waals surface area contributed by atoms with Gasteiger partial charge in [0.25, 0.3) is 0 Å². The summed E-state index contributed by atoms with van der Waals surface area (Å²) in [6, 6.07) is -0.0671. The van der Waals surface area contributed by atoms with E-state index in [9.17, 15) is 13.2 Å². The molecule has 6 nitrogen and oxygen atoms in total. The van der Waals surface area contributed by atoms with E-state index < -0.39 is 15.2 Å². The summed E-state index contributed by atoms with van der Waals surface area (Å²) in [4.78, 5) is 11.6. The first-order valence-corrected chi connectivity index (χ1v) is 8.29. The fraction of sp³-hybridized carbons (Fsp3) is 0.909. The zero-order valence-corrected chi connectivity index (χ0v) is 11.3. The van der Waals surface area contributed by atoms with Crippen molar-refractivity contribution in [3.63, 3.8) is 0 Å². The molecule has 2 atom stereocenters. The van der Waals surface area contributed by atoms with Crippen molar-refractivity contribution in [2.45, 2.75) is 43.5 Å². The third-order valence-corrected chi connectivity index (χ3v) is 5.62. The number of carbonyl (C=O) groups excluding carboxylic acids is 1. The van der Waals surface area contributed by atoms with Gasteiger partial charge in [-0.05, 0) is 32.2 Å². The van der Waals surface area contributed by atoms with Gasteiger partial charge in [0, 0.05) is 12.6 Å². The molecule has 2 fully saturated rings. The topological polar surface area (TPSA) is 87.3 Å². The number of urea groups is 1. The Labute approximate surface area is 108 Å². The highest BCUT2D eigenvalue weighted by atomic mass is 32.2. The van der Waals surface area contributed by atoms with Crippen molar-refractivity contribution in [1.82, 2.24) is 16.0 Å². The molecule has 0 saturated carbocycles. The average Bonchev–Trinajstić information content (AvgIpc) is 2.68. The molecule has 0 bridgehead atoms. The van der Waals surface area contributed by atoms with Crippen molar-refractivity contribution in [2.75, 3.05) is 18.8 Å². The van der Waals surface area contributed by atoms with E-state index in [0.29, 0.717) is 25.4 Å². The maximum atomic E-state index is 11.6. The zero-order chi connectivity index (χ0) is 13.0. The summed E-state index contributed by atoms with van der Waals surface area (Å²) in [5.74, 6) is 0.183. The van der Waals surface area contributed by atoms with Crippen LogP contribution in [0.5, 0.6) is 0 Å². The Kier molecular flexibility index (Phi) is 4.45. The molecule has 0 radical (unpaired) electrons. The van der Waals surface area contributed by atoms with Gasteiger partial charge >= 0.3 is 6.03 Å². The quantitative estimate of drug-likeness (QED) is 0.674. The Bertz CT molecular complexity index is 390. The number of carbonyl (C=O) groups is 1. The maximum absolute atomic E-state index is 11.6. The summed E-state index contributed by atoms with van der Waals surface area (Å²) in [5.41, 5.74) is 0. The molecule has 2 aliphatic heterocycles. The summed E-state index contributed by atoms with van der Waals surface area (Å²) >= 11 is 0. The Morgan fingerprint density at radius 1 is 1.22 bits per heavy atom. The molecule has 0 spiro atoms. The molecule has 0 aromatic carbocycles. The van der Waals surface area contributed by atoms with Gasteiger partial charge in [-0.25, -0.2) is 13.2 Å². The molecule has 7 heteroatoms. The lowest BCUT2D eigenvalue weighted by molar-refractivity contribution is 0.237. The van der Waals surface area contributed by atoms with Gasteiger partial charge < -0.3 is 16.0 Å². The lowest BCUT2D eigenvalue weighted by atomic mass is 10.1. The van der Waals surface area contributed by atoms with Crippen LogP contribution in [0.1, 0.15) is 32.1 Å². The van der Waals surface area contributed by atoms with Crippen LogP contribution in [-0.4, -0.2) is 44.7 Å². The van der Waals surface area contributed by atoms with E-state index >= 15 is 0 Å². The maximum Gasteiger partial charge on any atom is 0.315 e. The molecule has 0 aromatic rings. The Hall–Kier alpha value is -0.820. The van der Waals surface area contributed by atoms with Crippen LogP contribution in [0.15, 0.2) is 0 Å². The minimum Gasteiger partial charge on any atom is -0.337 e. The predicted octanol–water partition coefficient (Wildman–Crippen LogP) is -0.0376. The molecule has 0 aromatic heterocycles. The Morgan fingerprint density at radius 3 is 2.67 bits per heavy atom. The number of piperidine rings is 1. The van der Waals surface area contributed by atoms with E-state index in [4.69, 9.17) is 0 Å². The SMILES string of the molecule is O=C(NCC1CCCCN1)NC1CCCS1(=O)=O.